The molecule has 0 saturated heterocycles. The van der Waals surface area contributed by atoms with Crippen molar-refractivity contribution in [1.82, 2.24) is 5.32 Å². The van der Waals surface area contributed by atoms with Gasteiger partial charge in [-0.25, -0.2) is 4.79 Å². The maximum atomic E-state index is 12.6. The molecule has 0 aliphatic rings. The first-order valence-corrected chi connectivity index (χ1v) is 8.69. The molecule has 1 atom stereocenters. The van der Waals surface area contributed by atoms with Gasteiger partial charge < -0.3 is 23.6 Å². The number of ether oxygens (including phenoxy) is 2. The van der Waals surface area contributed by atoms with Gasteiger partial charge in [-0.05, 0) is 32.0 Å². The first-order chi connectivity index (χ1) is 13.1. The lowest BCUT2D eigenvalue weighted by molar-refractivity contribution is -0.129. The van der Waals surface area contributed by atoms with Gasteiger partial charge in [0.05, 0.1) is 19.4 Å². The lowest BCUT2D eigenvalue weighted by Crippen LogP contribution is -2.35. The van der Waals surface area contributed by atoms with E-state index in [1.165, 1.54) is 13.2 Å². The molecule has 3 aromatic rings. The molecule has 0 unspecified atom stereocenters. The van der Waals surface area contributed by atoms with E-state index >= 15 is 0 Å². The third kappa shape index (κ3) is 4.38. The van der Waals surface area contributed by atoms with E-state index in [0.29, 0.717) is 23.5 Å². The zero-order valence-electron chi connectivity index (χ0n) is 15.2. The van der Waals surface area contributed by atoms with Crippen LogP contribution in [0.4, 0.5) is 0 Å². The number of fused-ring (bicyclic) bond motifs is 1. The van der Waals surface area contributed by atoms with Crippen molar-refractivity contribution >= 4 is 22.8 Å². The van der Waals surface area contributed by atoms with Gasteiger partial charge in [0.15, 0.2) is 6.10 Å². The number of benzene rings is 1. The minimum atomic E-state index is -0.986. The summed E-state index contributed by atoms with van der Waals surface area (Å²) in [5.41, 5.74) is 1.18. The fraction of sp³-hybridized carbons (Fsp3) is 0.300. The van der Waals surface area contributed by atoms with Crippen LogP contribution in [0.5, 0.6) is 0 Å². The Morgan fingerprint density at radius 2 is 2.00 bits per heavy atom. The van der Waals surface area contributed by atoms with E-state index in [4.69, 9.17) is 18.3 Å². The van der Waals surface area contributed by atoms with Crippen molar-refractivity contribution in [2.45, 2.75) is 33.1 Å². The molecule has 0 fully saturated rings. The zero-order valence-corrected chi connectivity index (χ0v) is 15.2. The number of hydrogen-bond acceptors (Lipinski definition) is 6. The van der Waals surface area contributed by atoms with Gasteiger partial charge in [-0.15, -0.1) is 0 Å². The van der Waals surface area contributed by atoms with E-state index < -0.39 is 18.0 Å². The minimum absolute atomic E-state index is 0.0512. The van der Waals surface area contributed by atoms with Crippen LogP contribution in [0.1, 0.15) is 35.7 Å². The molecule has 0 bridgehead atoms. The van der Waals surface area contributed by atoms with Gasteiger partial charge in [0.2, 0.25) is 5.76 Å². The van der Waals surface area contributed by atoms with Crippen molar-refractivity contribution in [3.05, 3.63) is 59.7 Å². The summed E-state index contributed by atoms with van der Waals surface area (Å²) in [6.45, 7) is 4.30. The number of carbonyl (C=O) groups is 2. The number of carbonyl (C=O) groups excluding carboxylic acids is 2. The third-order valence-corrected chi connectivity index (χ3v) is 4.00. The normalized spacial score (nSPS) is 12.1. The zero-order chi connectivity index (χ0) is 19.2. The second-order valence-corrected chi connectivity index (χ2v) is 5.89. The van der Waals surface area contributed by atoms with Gasteiger partial charge in [-0.3, -0.25) is 4.79 Å². The van der Waals surface area contributed by atoms with E-state index in [-0.39, 0.29) is 18.9 Å². The number of esters is 1. The molecule has 1 N–H and O–H groups in total. The highest BCUT2D eigenvalue weighted by Crippen LogP contribution is 2.27. The fourth-order valence-corrected chi connectivity index (χ4v) is 2.61. The molecule has 0 saturated carbocycles. The molecule has 0 radical (unpaired) electrons. The van der Waals surface area contributed by atoms with Crippen molar-refractivity contribution in [1.29, 1.82) is 0 Å². The van der Waals surface area contributed by atoms with Crippen LogP contribution in [-0.2, 0) is 27.4 Å². The average Bonchev–Trinajstić information content (AvgIpc) is 3.32. The molecule has 0 aliphatic heterocycles. The lowest BCUT2D eigenvalue weighted by Gasteiger charge is -2.12. The number of nitrogens with one attached hydrogen (secondary N) is 1. The van der Waals surface area contributed by atoms with Gasteiger partial charge in [0, 0.05) is 17.6 Å². The average molecular weight is 371 g/mol. The molecular weight excluding hydrogens is 350 g/mol. The Hall–Kier alpha value is -3.06. The van der Waals surface area contributed by atoms with E-state index in [9.17, 15) is 9.59 Å². The van der Waals surface area contributed by atoms with Gasteiger partial charge in [-0.1, -0.05) is 18.2 Å². The highest BCUT2D eigenvalue weighted by Gasteiger charge is 2.25. The second kappa shape index (κ2) is 8.55. The number of hydrogen-bond donors (Lipinski definition) is 1. The Morgan fingerprint density at radius 1 is 1.19 bits per heavy atom. The molecule has 0 spiro atoms. The first kappa shape index (κ1) is 18.7. The molecule has 7 nitrogen and oxygen atoms in total. The van der Waals surface area contributed by atoms with Crippen molar-refractivity contribution in [3.8, 4) is 0 Å². The van der Waals surface area contributed by atoms with E-state index in [1.54, 1.807) is 18.2 Å². The largest absolute Gasteiger partial charge is 0.467 e. The predicted octanol–water partition coefficient (Wildman–Crippen LogP) is 3.42. The highest BCUT2D eigenvalue weighted by atomic mass is 16.6. The summed E-state index contributed by atoms with van der Waals surface area (Å²) >= 11 is 0. The molecular formula is C20H21NO6. The van der Waals surface area contributed by atoms with E-state index in [0.717, 1.165) is 5.39 Å². The SMILES string of the molecule is CCOCc1c(C(=O)O[C@H](C)C(=O)NCc2ccco2)oc2ccccc12. The summed E-state index contributed by atoms with van der Waals surface area (Å²) in [6, 6.07) is 10.8. The van der Waals surface area contributed by atoms with Crippen molar-refractivity contribution in [2.75, 3.05) is 6.61 Å². The maximum absolute atomic E-state index is 12.6. The Morgan fingerprint density at radius 3 is 2.74 bits per heavy atom. The summed E-state index contributed by atoms with van der Waals surface area (Å²) in [6.07, 6.45) is 0.535. The molecule has 3 rings (SSSR count). The van der Waals surface area contributed by atoms with Crippen molar-refractivity contribution in [3.63, 3.8) is 0 Å². The number of rotatable bonds is 8. The number of amides is 1. The van der Waals surface area contributed by atoms with Crippen LogP contribution in [0.2, 0.25) is 0 Å². The Bertz CT molecular complexity index is 912. The van der Waals surface area contributed by atoms with E-state index in [2.05, 4.69) is 5.32 Å². The standard InChI is InChI=1S/C20H21NO6/c1-3-24-12-16-15-8-4-5-9-17(15)27-18(16)20(23)26-13(2)19(22)21-11-14-7-6-10-25-14/h4-10,13H,3,11-12H2,1-2H3,(H,21,22)/t13-/m1/s1. The van der Waals surface area contributed by atoms with Crippen LogP contribution in [-0.4, -0.2) is 24.6 Å². The summed E-state index contributed by atoms with van der Waals surface area (Å²) in [4.78, 5) is 24.7. The summed E-state index contributed by atoms with van der Waals surface area (Å²) in [5.74, 6) is -0.475. The quantitative estimate of drug-likeness (QED) is 0.610. The minimum Gasteiger partial charge on any atom is -0.467 e. The summed E-state index contributed by atoms with van der Waals surface area (Å²) < 4.78 is 21.5. The Balaban J connectivity index is 1.70. The smallest absolute Gasteiger partial charge is 0.375 e. The fourth-order valence-electron chi connectivity index (χ4n) is 2.61. The van der Waals surface area contributed by atoms with Crippen LogP contribution in [0, 0.1) is 0 Å². The monoisotopic (exact) mass is 371 g/mol. The maximum Gasteiger partial charge on any atom is 0.375 e. The topological polar surface area (TPSA) is 90.9 Å². The van der Waals surface area contributed by atoms with Gasteiger partial charge in [0.25, 0.3) is 5.91 Å². The molecule has 142 valence electrons. The summed E-state index contributed by atoms with van der Waals surface area (Å²) in [7, 11) is 0. The second-order valence-electron chi connectivity index (χ2n) is 5.89. The Kier molecular flexibility index (Phi) is 5.93. The van der Waals surface area contributed by atoms with Crippen LogP contribution in [0.15, 0.2) is 51.5 Å². The highest BCUT2D eigenvalue weighted by molar-refractivity contribution is 5.97. The van der Waals surface area contributed by atoms with Crippen LogP contribution < -0.4 is 5.32 Å². The van der Waals surface area contributed by atoms with Crippen molar-refractivity contribution in [2.24, 2.45) is 0 Å². The molecule has 1 aromatic carbocycles. The van der Waals surface area contributed by atoms with Gasteiger partial charge >= 0.3 is 5.97 Å². The van der Waals surface area contributed by atoms with Crippen LogP contribution >= 0.6 is 0 Å². The van der Waals surface area contributed by atoms with Crippen LogP contribution in [0.25, 0.3) is 11.0 Å². The molecule has 7 heteroatoms. The molecule has 1 amide bonds. The van der Waals surface area contributed by atoms with E-state index in [1.807, 2.05) is 25.1 Å². The van der Waals surface area contributed by atoms with Gasteiger partial charge in [0.1, 0.15) is 11.3 Å². The molecule has 27 heavy (non-hydrogen) atoms. The first-order valence-electron chi connectivity index (χ1n) is 8.69. The predicted molar refractivity (Wildman–Crippen MR) is 97.0 cm³/mol. The lowest BCUT2D eigenvalue weighted by atomic mass is 10.1. The molecule has 2 aromatic heterocycles. The van der Waals surface area contributed by atoms with Crippen LogP contribution in [0.3, 0.4) is 0 Å². The number of para-hydroxylation sites is 1. The van der Waals surface area contributed by atoms with Crippen molar-refractivity contribution < 1.29 is 27.9 Å². The third-order valence-electron chi connectivity index (χ3n) is 4.00. The number of furan rings is 2. The Labute approximate surface area is 156 Å². The summed E-state index contributed by atoms with van der Waals surface area (Å²) in [5, 5.41) is 3.44. The molecule has 2 heterocycles. The molecule has 0 aliphatic carbocycles. The van der Waals surface area contributed by atoms with Gasteiger partial charge in [-0.2, -0.15) is 0 Å².